The molecule has 0 saturated heterocycles. The zero-order chi connectivity index (χ0) is 25.9. The summed E-state index contributed by atoms with van der Waals surface area (Å²) in [4.78, 5) is 17.4. The molecule has 1 N–H and O–H groups in total. The summed E-state index contributed by atoms with van der Waals surface area (Å²) < 4.78 is 16.7. The molecule has 0 radical (unpaired) electrons. The number of nitrogens with one attached hydrogen (secondary N) is 1. The van der Waals surface area contributed by atoms with Gasteiger partial charge in [-0.05, 0) is 24.3 Å². The Morgan fingerprint density at radius 2 is 1.53 bits per heavy atom. The van der Waals surface area contributed by atoms with Crippen molar-refractivity contribution in [1.82, 2.24) is 20.0 Å². The summed E-state index contributed by atoms with van der Waals surface area (Å²) in [5.74, 6) is -0.859. The third-order valence-electron chi connectivity index (χ3n) is 4.19. The molecule has 0 unspecified atom stereocenters. The zero-order valence-corrected chi connectivity index (χ0v) is 22.4. The highest BCUT2D eigenvalue weighted by Gasteiger charge is 2.31. The molecule has 184 valence electrons. The summed E-state index contributed by atoms with van der Waals surface area (Å²) in [6.45, 7) is 17.8. The van der Waals surface area contributed by atoms with E-state index in [1.807, 2.05) is 86.6 Å². The fraction of sp³-hybridized carbons (Fsp3) is 0.385. The van der Waals surface area contributed by atoms with Crippen molar-refractivity contribution in [3.8, 4) is 5.69 Å². The quantitative estimate of drug-likeness (QED) is 0.323. The van der Waals surface area contributed by atoms with E-state index in [9.17, 15) is 9.18 Å². The lowest BCUT2D eigenvalue weighted by Gasteiger charge is -2.21. The predicted molar refractivity (Wildman–Crippen MR) is 142 cm³/mol. The molecule has 6 nitrogen and oxygen atoms in total. The molecule has 1 amide bonds. The summed E-state index contributed by atoms with van der Waals surface area (Å²) in [6, 6.07) is 13.9. The van der Waals surface area contributed by atoms with Crippen molar-refractivity contribution in [1.29, 1.82) is 0 Å². The predicted octanol–water partition coefficient (Wildman–Crippen LogP) is 7.64. The second-order valence-electron chi connectivity index (χ2n) is 7.34. The Balaban J connectivity index is 0.000000894. The Labute approximate surface area is 206 Å². The van der Waals surface area contributed by atoms with Crippen LogP contribution < -0.4 is 5.32 Å². The smallest absolute Gasteiger partial charge is 0.279 e. The summed E-state index contributed by atoms with van der Waals surface area (Å²) >= 11 is 1.38. The lowest BCUT2D eigenvalue weighted by Crippen LogP contribution is -2.24. The van der Waals surface area contributed by atoms with E-state index in [0.29, 0.717) is 10.8 Å². The Kier molecular flexibility index (Phi) is 11.5. The average molecular weight is 486 g/mol. The van der Waals surface area contributed by atoms with Gasteiger partial charge in [-0.1, -0.05) is 103 Å². The Morgan fingerprint density at radius 1 is 0.941 bits per heavy atom. The number of carbonyl (C=O) groups is 1. The Morgan fingerprint density at radius 3 is 2.12 bits per heavy atom. The van der Waals surface area contributed by atoms with Crippen LogP contribution in [-0.2, 0) is 5.41 Å². The molecule has 2 aromatic heterocycles. The number of aromatic nitrogens is 4. The average Bonchev–Trinajstić information content (AvgIpc) is 3.47. The highest BCUT2D eigenvalue weighted by atomic mass is 32.1. The van der Waals surface area contributed by atoms with Crippen molar-refractivity contribution >= 4 is 32.6 Å². The van der Waals surface area contributed by atoms with Gasteiger partial charge in [0, 0.05) is 5.41 Å². The number of thiazole rings is 1. The van der Waals surface area contributed by atoms with E-state index >= 15 is 0 Å². The fourth-order valence-electron chi connectivity index (χ4n) is 2.98. The van der Waals surface area contributed by atoms with Crippen LogP contribution in [0.1, 0.15) is 78.5 Å². The molecule has 0 aliphatic carbocycles. The standard InChI is InChI=1S/C20H18FN5OS.3C2H6/c1-20(2,3)17-16(24-25-26(17)14-10-6-4-8-12(14)21)18(27)23-19-22-13-9-5-7-11-15(13)28-19;3*1-2/h4-11H,1-3H3,(H,22,23,27);3*1-2H3. The van der Waals surface area contributed by atoms with Gasteiger partial charge in [-0.2, -0.15) is 0 Å². The Hall–Kier alpha value is -3.13. The van der Waals surface area contributed by atoms with Gasteiger partial charge in [0.15, 0.2) is 10.8 Å². The van der Waals surface area contributed by atoms with Crippen LogP contribution >= 0.6 is 11.3 Å². The molecule has 0 bridgehead atoms. The molecular weight excluding hydrogens is 449 g/mol. The first kappa shape index (κ1) is 28.9. The largest absolute Gasteiger partial charge is 0.296 e. The SMILES string of the molecule is CC.CC.CC.CC(C)(C)c1c(C(=O)Nc2nc3ccccc3s2)nnn1-c1ccccc1F. The molecule has 2 aromatic carbocycles. The first-order chi connectivity index (χ1) is 16.3. The van der Waals surface area contributed by atoms with Crippen molar-refractivity contribution < 1.29 is 9.18 Å². The van der Waals surface area contributed by atoms with Crippen molar-refractivity contribution in [3.63, 3.8) is 0 Å². The van der Waals surface area contributed by atoms with Gasteiger partial charge in [-0.15, -0.1) is 5.10 Å². The minimum atomic E-state index is -0.494. The third-order valence-corrected chi connectivity index (χ3v) is 5.14. The number of nitrogens with zero attached hydrogens (tertiary/aromatic N) is 4. The van der Waals surface area contributed by atoms with Gasteiger partial charge in [0.1, 0.15) is 11.5 Å². The number of hydrogen-bond donors (Lipinski definition) is 1. The summed E-state index contributed by atoms with van der Waals surface area (Å²) in [5, 5.41) is 11.4. The van der Waals surface area contributed by atoms with E-state index in [-0.39, 0.29) is 11.4 Å². The number of carbonyl (C=O) groups excluding carboxylic acids is 1. The molecule has 34 heavy (non-hydrogen) atoms. The number of rotatable bonds is 3. The van der Waals surface area contributed by atoms with E-state index in [2.05, 4.69) is 20.6 Å². The monoisotopic (exact) mass is 485 g/mol. The maximum absolute atomic E-state index is 14.3. The van der Waals surface area contributed by atoms with Crippen molar-refractivity contribution in [2.45, 2.75) is 67.7 Å². The van der Waals surface area contributed by atoms with Gasteiger partial charge in [0.25, 0.3) is 5.91 Å². The van der Waals surface area contributed by atoms with E-state index in [0.717, 1.165) is 10.2 Å². The molecule has 4 rings (SSSR count). The zero-order valence-electron chi connectivity index (χ0n) is 21.6. The number of para-hydroxylation sites is 2. The van der Waals surface area contributed by atoms with E-state index in [1.54, 1.807) is 18.2 Å². The van der Waals surface area contributed by atoms with Crippen LogP contribution in [0, 0.1) is 5.82 Å². The van der Waals surface area contributed by atoms with Crippen LogP contribution in [0.4, 0.5) is 9.52 Å². The maximum atomic E-state index is 14.3. The maximum Gasteiger partial charge on any atom is 0.279 e. The minimum Gasteiger partial charge on any atom is -0.296 e. The molecule has 0 saturated carbocycles. The molecule has 4 aromatic rings. The highest BCUT2D eigenvalue weighted by molar-refractivity contribution is 7.22. The van der Waals surface area contributed by atoms with Crippen LogP contribution in [0.25, 0.3) is 15.9 Å². The number of amides is 1. The van der Waals surface area contributed by atoms with Crippen LogP contribution in [-0.4, -0.2) is 25.9 Å². The van der Waals surface area contributed by atoms with E-state index in [1.165, 1.54) is 22.1 Å². The second-order valence-corrected chi connectivity index (χ2v) is 8.37. The molecule has 0 atom stereocenters. The van der Waals surface area contributed by atoms with Crippen LogP contribution in [0.2, 0.25) is 0 Å². The summed E-state index contributed by atoms with van der Waals surface area (Å²) in [5.41, 5.74) is 1.24. The number of halogens is 1. The first-order valence-corrected chi connectivity index (χ1v) is 12.5. The molecule has 2 heterocycles. The van der Waals surface area contributed by atoms with E-state index < -0.39 is 17.1 Å². The lowest BCUT2D eigenvalue weighted by molar-refractivity contribution is 0.102. The molecule has 0 spiro atoms. The lowest BCUT2D eigenvalue weighted by atomic mass is 9.90. The number of fused-ring (bicyclic) bond motifs is 1. The summed E-state index contributed by atoms with van der Waals surface area (Å²) in [6.07, 6.45) is 0. The topological polar surface area (TPSA) is 72.7 Å². The Bertz CT molecular complexity index is 1140. The van der Waals surface area contributed by atoms with Gasteiger partial charge < -0.3 is 0 Å². The van der Waals surface area contributed by atoms with Crippen LogP contribution in [0.5, 0.6) is 0 Å². The first-order valence-electron chi connectivity index (χ1n) is 11.7. The van der Waals surface area contributed by atoms with Gasteiger partial charge in [-0.25, -0.2) is 14.1 Å². The van der Waals surface area contributed by atoms with Crippen molar-refractivity contribution in [2.75, 3.05) is 5.32 Å². The molecule has 0 fully saturated rings. The molecule has 0 aliphatic heterocycles. The van der Waals surface area contributed by atoms with E-state index in [4.69, 9.17) is 0 Å². The number of anilines is 1. The molecular formula is C26H36FN5OS. The molecule has 8 heteroatoms. The van der Waals surface area contributed by atoms with Gasteiger partial charge >= 0.3 is 0 Å². The van der Waals surface area contributed by atoms with Gasteiger partial charge in [0.2, 0.25) is 0 Å². The number of hydrogen-bond acceptors (Lipinski definition) is 5. The third kappa shape index (κ3) is 6.70. The summed E-state index contributed by atoms with van der Waals surface area (Å²) in [7, 11) is 0. The number of benzene rings is 2. The van der Waals surface area contributed by atoms with Gasteiger partial charge in [0.05, 0.1) is 15.9 Å². The second kappa shape index (κ2) is 13.5. The van der Waals surface area contributed by atoms with Crippen molar-refractivity contribution in [3.05, 3.63) is 65.7 Å². The van der Waals surface area contributed by atoms with Crippen molar-refractivity contribution in [2.24, 2.45) is 0 Å². The van der Waals surface area contributed by atoms with Crippen LogP contribution in [0.3, 0.4) is 0 Å². The highest BCUT2D eigenvalue weighted by Crippen LogP contribution is 2.30. The van der Waals surface area contributed by atoms with Crippen LogP contribution in [0.15, 0.2) is 48.5 Å². The fourth-order valence-corrected chi connectivity index (χ4v) is 3.84. The minimum absolute atomic E-state index is 0.148. The van der Waals surface area contributed by atoms with Gasteiger partial charge in [-0.3, -0.25) is 10.1 Å². The normalized spacial score (nSPS) is 10.2. The molecule has 0 aliphatic rings.